The minimum Gasteiger partial charge on any atom is -0.383 e. The van der Waals surface area contributed by atoms with Gasteiger partial charge in [-0.2, -0.15) is 0 Å². The molecule has 0 saturated carbocycles. The van der Waals surface area contributed by atoms with Crippen LogP contribution in [0.3, 0.4) is 0 Å². The summed E-state index contributed by atoms with van der Waals surface area (Å²) in [6.07, 6.45) is 4.33. The van der Waals surface area contributed by atoms with Gasteiger partial charge in [-0.15, -0.1) is 0 Å². The van der Waals surface area contributed by atoms with Gasteiger partial charge in [0.1, 0.15) is 0 Å². The van der Waals surface area contributed by atoms with Gasteiger partial charge >= 0.3 is 0 Å². The molecular weight excluding hydrogens is 188 g/mol. The lowest BCUT2D eigenvalue weighted by Gasteiger charge is -2.27. The molecule has 1 aliphatic carbocycles. The average Bonchev–Trinajstić information content (AvgIpc) is 2.60. The van der Waals surface area contributed by atoms with E-state index in [-0.39, 0.29) is 5.41 Å². The van der Waals surface area contributed by atoms with Crippen LogP contribution >= 0.6 is 0 Å². The summed E-state index contributed by atoms with van der Waals surface area (Å²) < 4.78 is 10.6. The first-order valence-corrected chi connectivity index (χ1v) is 5.09. The summed E-state index contributed by atoms with van der Waals surface area (Å²) in [5.41, 5.74) is 2.47. The summed E-state index contributed by atoms with van der Waals surface area (Å²) in [5.74, 6) is 0. The van der Waals surface area contributed by atoms with E-state index in [1.165, 1.54) is 11.1 Å². The normalized spacial score (nSPS) is 16.7. The first-order chi connectivity index (χ1) is 7.32. The van der Waals surface area contributed by atoms with Gasteiger partial charge in [-0.05, 0) is 11.1 Å². The highest BCUT2D eigenvalue weighted by Crippen LogP contribution is 2.36. The van der Waals surface area contributed by atoms with Crippen molar-refractivity contribution in [3.8, 4) is 0 Å². The van der Waals surface area contributed by atoms with Crippen LogP contribution in [0.5, 0.6) is 0 Å². The molecule has 15 heavy (non-hydrogen) atoms. The summed E-state index contributed by atoms with van der Waals surface area (Å²) in [6, 6.07) is 8.39. The summed E-state index contributed by atoms with van der Waals surface area (Å²) in [6.45, 7) is 1.32. The predicted octanol–water partition coefficient (Wildman–Crippen LogP) is 2.24. The van der Waals surface area contributed by atoms with Crippen LogP contribution in [0.1, 0.15) is 11.1 Å². The number of methoxy groups -OCH3 is 2. The average molecular weight is 204 g/mol. The quantitative estimate of drug-likeness (QED) is 0.749. The molecule has 0 radical (unpaired) electrons. The molecule has 2 rings (SSSR count). The molecule has 80 valence electrons. The van der Waals surface area contributed by atoms with Crippen LogP contribution in [0.2, 0.25) is 0 Å². The number of ether oxygens (including phenoxy) is 2. The first-order valence-electron chi connectivity index (χ1n) is 5.09. The second kappa shape index (κ2) is 4.17. The van der Waals surface area contributed by atoms with Gasteiger partial charge in [0, 0.05) is 14.2 Å². The summed E-state index contributed by atoms with van der Waals surface area (Å²) in [5, 5.41) is 0. The van der Waals surface area contributed by atoms with E-state index in [1.54, 1.807) is 14.2 Å². The van der Waals surface area contributed by atoms with Crippen molar-refractivity contribution in [2.75, 3.05) is 27.4 Å². The second-order valence-electron chi connectivity index (χ2n) is 3.94. The fourth-order valence-corrected chi connectivity index (χ4v) is 2.24. The molecule has 0 fully saturated rings. The molecule has 1 aromatic carbocycles. The minimum atomic E-state index is -0.0971. The van der Waals surface area contributed by atoms with Crippen molar-refractivity contribution in [2.45, 2.75) is 5.41 Å². The zero-order valence-corrected chi connectivity index (χ0v) is 9.19. The van der Waals surface area contributed by atoms with E-state index >= 15 is 0 Å². The Labute approximate surface area is 90.5 Å². The van der Waals surface area contributed by atoms with Crippen LogP contribution < -0.4 is 0 Å². The van der Waals surface area contributed by atoms with Crippen LogP contribution in [-0.2, 0) is 14.9 Å². The van der Waals surface area contributed by atoms with Crippen molar-refractivity contribution in [1.29, 1.82) is 0 Å². The minimum absolute atomic E-state index is 0.0971. The van der Waals surface area contributed by atoms with Crippen LogP contribution in [0.25, 0.3) is 6.08 Å². The molecule has 0 N–H and O–H groups in total. The third kappa shape index (κ3) is 1.71. The van der Waals surface area contributed by atoms with Crippen molar-refractivity contribution in [1.82, 2.24) is 0 Å². The Morgan fingerprint density at radius 2 is 1.73 bits per heavy atom. The standard InChI is InChI=1S/C13H16O2/c1-14-9-13(10-15-2)8-7-11-5-3-4-6-12(11)13/h3-8H,9-10H2,1-2H3. The molecule has 0 saturated heterocycles. The number of hydrogen-bond acceptors (Lipinski definition) is 2. The molecular formula is C13H16O2. The maximum absolute atomic E-state index is 5.31. The molecule has 0 bridgehead atoms. The second-order valence-corrected chi connectivity index (χ2v) is 3.94. The Hall–Kier alpha value is -1.12. The molecule has 0 aliphatic heterocycles. The fourth-order valence-electron chi connectivity index (χ4n) is 2.24. The van der Waals surface area contributed by atoms with Gasteiger partial charge in [-0.1, -0.05) is 36.4 Å². The smallest absolute Gasteiger partial charge is 0.0616 e. The highest BCUT2D eigenvalue weighted by Gasteiger charge is 2.34. The van der Waals surface area contributed by atoms with Crippen LogP contribution in [0.4, 0.5) is 0 Å². The largest absolute Gasteiger partial charge is 0.383 e. The molecule has 0 unspecified atom stereocenters. The Bertz CT molecular complexity index is 363. The molecule has 0 spiro atoms. The van der Waals surface area contributed by atoms with Gasteiger partial charge in [0.05, 0.1) is 18.6 Å². The van der Waals surface area contributed by atoms with Crippen molar-refractivity contribution in [2.24, 2.45) is 0 Å². The molecule has 1 aromatic rings. The van der Waals surface area contributed by atoms with E-state index in [1.807, 2.05) is 0 Å². The third-order valence-electron chi connectivity index (χ3n) is 2.88. The number of fused-ring (bicyclic) bond motifs is 1. The zero-order chi connectivity index (χ0) is 10.7. The van der Waals surface area contributed by atoms with Crippen LogP contribution in [0.15, 0.2) is 30.3 Å². The number of rotatable bonds is 4. The van der Waals surface area contributed by atoms with Crippen LogP contribution in [-0.4, -0.2) is 27.4 Å². The highest BCUT2D eigenvalue weighted by molar-refractivity contribution is 5.65. The molecule has 0 amide bonds. The lowest BCUT2D eigenvalue weighted by molar-refractivity contribution is 0.0845. The Kier molecular flexibility index (Phi) is 2.89. The summed E-state index contributed by atoms with van der Waals surface area (Å²) in [4.78, 5) is 0. The van der Waals surface area contributed by atoms with E-state index in [0.717, 1.165) is 0 Å². The van der Waals surface area contributed by atoms with Gasteiger partial charge in [-0.25, -0.2) is 0 Å². The first kappa shape index (κ1) is 10.4. The maximum Gasteiger partial charge on any atom is 0.0616 e. The van der Waals surface area contributed by atoms with Crippen molar-refractivity contribution in [3.05, 3.63) is 41.5 Å². The van der Waals surface area contributed by atoms with Crippen LogP contribution in [0, 0.1) is 0 Å². The predicted molar refractivity (Wildman–Crippen MR) is 60.9 cm³/mol. The van der Waals surface area contributed by atoms with Gasteiger partial charge in [0.2, 0.25) is 0 Å². The molecule has 1 aliphatic rings. The molecule has 0 heterocycles. The lowest BCUT2D eigenvalue weighted by Crippen LogP contribution is -2.33. The maximum atomic E-state index is 5.31. The molecule has 2 heteroatoms. The number of benzene rings is 1. The Morgan fingerprint density at radius 1 is 1.07 bits per heavy atom. The monoisotopic (exact) mass is 204 g/mol. The molecule has 0 atom stereocenters. The number of hydrogen-bond donors (Lipinski definition) is 0. The van der Waals surface area contributed by atoms with Gasteiger partial charge in [0.25, 0.3) is 0 Å². The van der Waals surface area contributed by atoms with Gasteiger partial charge < -0.3 is 9.47 Å². The lowest BCUT2D eigenvalue weighted by atomic mass is 9.84. The molecule has 0 aromatic heterocycles. The van der Waals surface area contributed by atoms with Gasteiger partial charge in [0.15, 0.2) is 0 Å². The molecule has 2 nitrogen and oxygen atoms in total. The van der Waals surface area contributed by atoms with E-state index in [4.69, 9.17) is 9.47 Å². The van der Waals surface area contributed by atoms with Gasteiger partial charge in [-0.3, -0.25) is 0 Å². The Balaban J connectivity index is 2.39. The SMILES string of the molecule is COCC1(COC)C=Cc2ccccc21. The van der Waals surface area contributed by atoms with Crippen molar-refractivity contribution in [3.63, 3.8) is 0 Å². The van der Waals surface area contributed by atoms with E-state index < -0.39 is 0 Å². The van der Waals surface area contributed by atoms with Crippen molar-refractivity contribution >= 4 is 6.08 Å². The Morgan fingerprint density at radius 3 is 2.40 bits per heavy atom. The topological polar surface area (TPSA) is 18.5 Å². The van der Waals surface area contributed by atoms with E-state index in [9.17, 15) is 0 Å². The fraction of sp³-hybridized carbons (Fsp3) is 0.385. The van der Waals surface area contributed by atoms with E-state index in [0.29, 0.717) is 13.2 Å². The third-order valence-corrected chi connectivity index (χ3v) is 2.88. The summed E-state index contributed by atoms with van der Waals surface area (Å²) in [7, 11) is 3.46. The highest BCUT2D eigenvalue weighted by atomic mass is 16.5. The zero-order valence-electron chi connectivity index (χ0n) is 9.19. The van der Waals surface area contributed by atoms with E-state index in [2.05, 4.69) is 36.4 Å². The summed E-state index contributed by atoms with van der Waals surface area (Å²) >= 11 is 0. The van der Waals surface area contributed by atoms with Crippen molar-refractivity contribution < 1.29 is 9.47 Å².